The number of nitrogens with one attached hydrogen (secondary N) is 1. The quantitative estimate of drug-likeness (QED) is 0.646. The summed E-state index contributed by atoms with van der Waals surface area (Å²) in [5.74, 6) is 1.35. The molecule has 0 amide bonds. The maximum atomic E-state index is 8.35. The molecule has 0 saturated carbocycles. The average molecular weight is 331 g/mol. The van der Waals surface area contributed by atoms with E-state index in [4.69, 9.17) is 21.7 Å². The molecule has 122 valence electrons. The lowest BCUT2D eigenvalue weighted by Crippen LogP contribution is -2.27. The molecule has 0 aliphatic carbocycles. The third-order valence-corrected chi connectivity index (χ3v) is 4.36. The van der Waals surface area contributed by atoms with Crippen LogP contribution in [0, 0.1) is 12.3 Å². The van der Waals surface area contributed by atoms with Crippen molar-refractivity contribution < 1.29 is 4.74 Å². The molecule has 1 N–H and O–H groups in total. The van der Waals surface area contributed by atoms with Crippen LogP contribution in [0.25, 0.3) is 0 Å². The van der Waals surface area contributed by atoms with Gasteiger partial charge in [-0.3, -0.25) is 5.41 Å². The summed E-state index contributed by atoms with van der Waals surface area (Å²) in [7, 11) is 3.59. The molecule has 0 fully saturated rings. The summed E-state index contributed by atoms with van der Waals surface area (Å²) in [5, 5.41) is 9.02. The normalized spacial score (nSPS) is 10.5. The molecule has 2 rings (SSSR count). The smallest absolute Gasteiger partial charge is 0.128 e. The first-order valence-corrected chi connectivity index (χ1v) is 8.06. The molecule has 0 saturated heterocycles. The van der Waals surface area contributed by atoms with Gasteiger partial charge in [0.25, 0.3) is 0 Å². The van der Waals surface area contributed by atoms with Gasteiger partial charge in [0.2, 0.25) is 0 Å². The van der Waals surface area contributed by atoms with E-state index >= 15 is 0 Å². The first-order valence-electron chi connectivity index (χ1n) is 7.68. The summed E-state index contributed by atoms with van der Waals surface area (Å²) >= 11 is 6.29. The van der Waals surface area contributed by atoms with E-state index in [1.54, 1.807) is 7.11 Å². The van der Waals surface area contributed by atoms with E-state index in [-0.39, 0.29) is 0 Å². The Labute approximate surface area is 143 Å². The molecule has 4 heteroatoms. The fourth-order valence-corrected chi connectivity index (χ4v) is 2.73. The average Bonchev–Trinajstić information content (AvgIpc) is 2.57. The molecule has 0 heterocycles. The first-order chi connectivity index (χ1) is 11.0. The highest BCUT2D eigenvalue weighted by Gasteiger charge is 2.13. The second-order valence-corrected chi connectivity index (χ2v) is 6.06. The number of halogens is 1. The number of amidine groups is 1. The molecule has 3 nitrogen and oxygen atoms in total. The van der Waals surface area contributed by atoms with Crippen molar-refractivity contribution in [2.75, 3.05) is 20.7 Å². The molecule has 0 aliphatic heterocycles. The zero-order valence-electron chi connectivity index (χ0n) is 14.1. The van der Waals surface area contributed by atoms with Gasteiger partial charge in [0, 0.05) is 24.2 Å². The van der Waals surface area contributed by atoms with E-state index in [0.29, 0.717) is 10.9 Å². The van der Waals surface area contributed by atoms with E-state index in [1.807, 2.05) is 43.1 Å². The predicted molar refractivity (Wildman–Crippen MR) is 97.1 cm³/mol. The molecule has 0 aliphatic rings. The van der Waals surface area contributed by atoms with Crippen LogP contribution in [0.4, 0.5) is 0 Å². The Balaban J connectivity index is 2.35. The minimum absolute atomic E-state index is 0.503. The van der Waals surface area contributed by atoms with E-state index in [1.165, 1.54) is 5.56 Å². The van der Waals surface area contributed by atoms with E-state index in [0.717, 1.165) is 35.4 Å². The van der Waals surface area contributed by atoms with Crippen LogP contribution in [0.2, 0.25) is 5.02 Å². The Hall–Kier alpha value is -2.00. The summed E-state index contributed by atoms with van der Waals surface area (Å²) < 4.78 is 5.20. The number of rotatable bonds is 5. The van der Waals surface area contributed by atoms with Crippen molar-refractivity contribution in [3.63, 3.8) is 0 Å². The van der Waals surface area contributed by atoms with Crippen LogP contribution in [0.15, 0.2) is 36.4 Å². The fraction of sp³-hybridized carbons (Fsp3) is 0.316. The Morgan fingerprint density at radius 1 is 1.22 bits per heavy atom. The molecule has 0 aromatic heterocycles. The maximum absolute atomic E-state index is 8.35. The lowest BCUT2D eigenvalue weighted by Gasteiger charge is -2.21. The van der Waals surface area contributed by atoms with Gasteiger partial charge in [-0.05, 0) is 61.2 Å². The van der Waals surface area contributed by atoms with Gasteiger partial charge in [-0.25, -0.2) is 0 Å². The highest BCUT2D eigenvalue weighted by Crippen LogP contribution is 2.24. The Kier molecular flexibility index (Phi) is 5.67. The molecular formula is C19H23ClN2O. The number of methoxy groups -OCH3 is 1. The minimum Gasteiger partial charge on any atom is -0.497 e. The molecular weight excluding hydrogens is 308 g/mol. The highest BCUT2D eigenvalue weighted by molar-refractivity contribution is 6.31. The zero-order valence-corrected chi connectivity index (χ0v) is 14.9. The van der Waals surface area contributed by atoms with Crippen LogP contribution in [0.3, 0.4) is 0 Å². The molecule has 0 spiro atoms. The molecule has 2 aromatic rings. The lowest BCUT2D eigenvalue weighted by molar-refractivity contribution is 0.414. The van der Waals surface area contributed by atoms with Crippen molar-refractivity contribution in [3.05, 3.63) is 63.7 Å². The van der Waals surface area contributed by atoms with Crippen molar-refractivity contribution in [1.29, 1.82) is 5.41 Å². The third kappa shape index (κ3) is 4.05. The van der Waals surface area contributed by atoms with E-state index in [9.17, 15) is 0 Å². The van der Waals surface area contributed by atoms with Crippen molar-refractivity contribution in [2.24, 2.45) is 0 Å². The molecule has 23 heavy (non-hydrogen) atoms. The van der Waals surface area contributed by atoms with Gasteiger partial charge in [0.05, 0.1) is 7.11 Å². The fourth-order valence-electron chi connectivity index (χ4n) is 2.49. The largest absolute Gasteiger partial charge is 0.497 e. The number of hydrogen-bond acceptors (Lipinski definition) is 2. The second-order valence-electron chi connectivity index (χ2n) is 5.63. The van der Waals surface area contributed by atoms with Crippen molar-refractivity contribution in [2.45, 2.75) is 20.3 Å². The number of nitrogens with zero attached hydrogens (tertiary/aromatic N) is 1. The van der Waals surface area contributed by atoms with Crippen LogP contribution < -0.4 is 4.74 Å². The van der Waals surface area contributed by atoms with Gasteiger partial charge < -0.3 is 9.64 Å². The molecule has 0 unspecified atom stereocenters. The van der Waals surface area contributed by atoms with Gasteiger partial charge in [0.1, 0.15) is 11.6 Å². The maximum Gasteiger partial charge on any atom is 0.128 e. The topological polar surface area (TPSA) is 36.3 Å². The summed E-state index contributed by atoms with van der Waals surface area (Å²) in [4.78, 5) is 1.91. The lowest BCUT2D eigenvalue weighted by atomic mass is 9.96. The number of hydrogen-bond donors (Lipinski definition) is 1. The molecule has 0 radical (unpaired) electrons. The van der Waals surface area contributed by atoms with E-state index < -0.39 is 0 Å². The van der Waals surface area contributed by atoms with Crippen LogP contribution in [-0.2, 0) is 6.42 Å². The number of benzene rings is 2. The van der Waals surface area contributed by atoms with Gasteiger partial charge >= 0.3 is 0 Å². The highest BCUT2D eigenvalue weighted by atomic mass is 35.5. The first kappa shape index (κ1) is 17.4. The van der Waals surface area contributed by atoms with Gasteiger partial charge in [-0.2, -0.15) is 0 Å². The minimum atomic E-state index is 0.503. The van der Waals surface area contributed by atoms with Gasteiger partial charge in [-0.15, -0.1) is 0 Å². The van der Waals surface area contributed by atoms with Crippen LogP contribution in [-0.4, -0.2) is 31.4 Å². The summed E-state index contributed by atoms with van der Waals surface area (Å²) in [6.07, 6.45) is 0.784. The Bertz CT molecular complexity index is 695. The van der Waals surface area contributed by atoms with Crippen LogP contribution in [0.1, 0.15) is 29.2 Å². The number of ether oxygens (including phenoxy) is 1. The van der Waals surface area contributed by atoms with Crippen LogP contribution in [0.5, 0.6) is 5.75 Å². The van der Waals surface area contributed by atoms with Gasteiger partial charge in [0.15, 0.2) is 0 Å². The molecule has 0 bridgehead atoms. The van der Waals surface area contributed by atoms with Crippen molar-refractivity contribution >= 4 is 17.4 Å². The second kappa shape index (κ2) is 7.51. The van der Waals surface area contributed by atoms with Crippen molar-refractivity contribution in [1.82, 2.24) is 4.90 Å². The SMILES string of the molecule is CCN(C)C(=N)c1cc(Cl)cc(Cc2ccc(OC)cc2)c1C. The standard InChI is InChI=1S/C19H23ClN2O/c1-5-22(3)19(21)18-12-16(20)11-15(13(18)2)10-14-6-8-17(23-4)9-7-14/h6-9,11-12,21H,5,10H2,1-4H3. The zero-order chi connectivity index (χ0) is 17.0. The third-order valence-electron chi connectivity index (χ3n) is 4.14. The summed E-state index contributed by atoms with van der Waals surface area (Å²) in [6, 6.07) is 11.9. The van der Waals surface area contributed by atoms with E-state index in [2.05, 4.69) is 19.1 Å². The Morgan fingerprint density at radius 2 is 1.87 bits per heavy atom. The summed E-state index contributed by atoms with van der Waals surface area (Å²) in [5.41, 5.74) is 4.34. The predicted octanol–water partition coefficient (Wildman–Crippen LogP) is 4.52. The van der Waals surface area contributed by atoms with Crippen LogP contribution >= 0.6 is 11.6 Å². The summed E-state index contributed by atoms with van der Waals surface area (Å²) in [6.45, 7) is 4.88. The van der Waals surface area contributed by atoms with Crippen molar-refractivity contribution in [3.8, 4) is 5.75 Å². The monoisotopic (exact) mass is 330 g/mol. The molecule has 0 atom stereocenters. The molecule has 2 aromatic carbocycles. The van der Waals surface area contributed by atoms with Gasteiger partial charge in [-0.1, -0.05) is 23.7 Å². The Morgan fingerprint density at radius 3 is 2.43 bits per heavy atom.